The molecule has 1 aromatic carbocycles. The van der Waals surface area contributed by atoms with Crippen molar-refractivity contribution in [1.29, 1.82) is 0 Å². The largest absolute Gasteiger partial charge is 0.497 e. The predicted octanol–water partition coefficient (Wildman–Crippen LogP) is -0.599. The van der Waals surface area contributed by atoms with E-state index in [9.17, 15) is 19.5 Å². The lowest BCUT2D eigenvalue weighted by Crippen LogP contribution is -2.63. The molecule has 9 heteroatoms. The third kappa shape index (κ3) is 5.23. The number of rotatable bonds is 9. The first-order valence-electron chi connectivity index (χ1n) is 10.7. The Kier molecular flexibility index (Phi) is 7.30. The van der Waals surface area contributed by atoms with Crippen LogP contribution in [-0.2, 0) is 20.8 Å². The van der Waals surface area contributed by atoms with Gasteiger partial charge in [0.2, 0.25) is 11.8 Å². The molecule has 0 saturated carbocycles. The molecule has 3 unspecified atom stereocenters. The summed E-state index contributed by atoms with van der Waals surface area (Å²) in [5, 5.41) is 19.0. The highest BCUT2D eigenvalue weighted by molar-refractivity contribution is 5.95. The number of aliphatic hydroxyl groups is 1. The number of nitrogens with two attached hydrogens (primary N) is 1. The first-order chi connectivity index (χ1) is 14.8. The number of hydrogen-bond acceptors (Lipinski definition) is 7. The minimum absolute atomic E-state index is 0.0554. The zero-order chi connectivity index (χ0) is 22.6. The number of methoxy groups -OCH3 is 1. The summed E-state index contributed by atoms with van der Waals surface area (Å²) in [5.74, 6) is -0.567. The number of amides is 2. The van der Waals surface area contributed by atoms with Gasteiger partial charge < -0.3 is 26.2 Å². The minimum Gasteiger partial charge on any atom is -0.497 e. The van der Waals surface area contributed by atoms with Gasteiger partial charge >= 0.3 is 0 Å². The van der Waals surface area contributed by atoms with Crippen LogP contribution in [0.1, 0.15) is 38.2 Å². The molecule has 0 aliphatic carbocycles. The second kappa shape index (κ2) is 9.76. The van der Waals surface area contributed by atoms with E-state index in [4.69, 9.17) is 10.5 Å². The highest BCUT2D eigenvalue weighted by Crippen LogP contribution is 2.31. The van der Waals surface area contributed by atoms with Gasteiger partial charge in [-0.15, -0.1) is 0 Å². The van der Waals surface area contributed by atoms with E-state index in [1.165, 1.54) is 6.92 Å². The summed E-state index contributed by atoms with van der Waals surface area (Å²) in [5.41, 5.74) is 5.10. The Balaban J connectivity index is 1.85. The first kappa shape index (κ1) is 23.2. The Morgan fingerprint density at radius 2 is 2.10 bits per heavy atom. The summed E-state index contributed by atoms with van der Waals surface area (Å²) in [6, 6.07) is 5.48. The monoisotopic (exact) mass is 432 g/mol. The smallest absolute Gasteiger partial charge is 0.242 e. The zero-order valence-electron chi connectivity index (χ0n) is 18.0. The van der Waals surface area contributed by atoms with Crippen molar-refractivity contribution in [2.24, 2.45) is 5.73 Å². The number of benzene rings is 1. The first-order valence-corrected chi connectivity index (χ1v) is 10.7. The fourth-order valence-electron chi connectivity index (χ4n) is 4.49. The molecule has 5 atom stereocenters. The van der Waals surface area contributed by atoms with Crippen LogP contribution in [0.2, 0.25) is 0 Å². The average molecular weight is 433 g/mol. The number of nitrogens with one attached hydrogen (secondary N) is 3. The highest BCUT2D eigenvalue weighted by atomic mass is 16.5. The van der Waals surface area contributed by atoms with Crippen LogP contribution in [0, 0.1) is 0 Å². The van der Waals surface area contributed by atoms with E-state index in [1.807, 2.05) is 24.3 Å². The lowest BCUT2D eigenvalue weighted by molar-refractivity contribution is -0.133. The lowest BCUT2D eigenvalue weighted by atomic mass is 9.87. The van der Waals surface area contributed by atoms with Gasteiger partial charge in [0.25, 0.3) is 0 Å². The molecule has 1 aromatic rings. The van der Waals surface area contributed by atoms with Gasteiger partial charge in [0.05, 0.1) is 25.3 Å². The maximum Gasteiger partial charge on any atom is 0.242 e. The van der Waals surface area contributed by atoms with Crippen LogP contribution < -0.4 is 26.4 Å². The second-order valence-electron chi connectivity index (χ2n) is 8.49. The molecular formula is C22H32N4O5. The molecule has 9 nitrogen and oxygen atoms in total. The van der Waals surface area contributed by atoms with E-state index in [2.05, 4.69) is 16.0 Å². The molecule has 2 saturated heterocycles. The molecule has 3 rings (SSSR count). The summed E-state index contributed by atoms with van der Waals surface area (Å²) in [7, 11) is 1.57. The highest BCUT2D eigenvalue weighted by Gasteiger charge is 2.48. The molecule has 0 radical (unpaired) electrons. The fourth-order valence-corrected chi connectivity index (χ4v) is 4.49. The SMILES string of the molecule is COc1cccc(CC2(C(=O)N[C@H](C(N)=O)[C@@H](C)O)CCC(C(=O)C3CCCN3)N2)c1. The zero-order valence-corrected chi connectivity index (χ0v) is 18.0. The van der Waals surface area contributed by atoms with Crippen LogP contribution >= 0.6 is 0 Å². The number of ether oxygens (including phenoxy) is 1. The molecule has 6 N–H and O–H groups in total. The predicted molar refractivity (Wildman–Crippen MR) is 114 cm³/mol. The van der Waals surface area contributed by atoms with E-state index in [1.54, 1.807) is 7.11 Å². The van der Waals surface area contributed by atoms with E-state index < -0.39 is 35.5 Å². The molecule has 2 aliphatic heterocycles. The van der Waals surface area contributed by atoms with Crippen molar-refractivity contribution in [3.63, 3.8) is 0 Å². The number of hydrogen-bond donors (Lipinski definition) is 5. The van der Waals surface area contributed by atoms with Crippen LogP contribution in [0.3, 0.4) is 0 Å². The van der Waals surface area contributed by atoms with Gasteiger partial charge in [-0.2, -0.15) is 0 Å². The van der Waals surface area contributed by atoms with Crippen LogP contribution in [0.25, 0.3) is 0 Å². The van der Waals surface area contributed by atoms with Gasteiger partial charge in [-0.05, 0) is 63.3 Å². The van der Waals surface area contributed by atoms with E-state index in [0.717, 1.165) is 24.9 Å². The number of aliphatic hydroxyl groups excluding tert-OH is 1. The standard InChI is InChI=1S/C22H32N4O5/c1-13(27)18(20(23)29)25-21(30)22(12-14-5-3-6-15(11-14)31-2)9-8-17(26-22)19(28)16-7-4-10-24-16/h3,5-6,11,13,16-18,24,26-27H,4,7-10,12H2,1-2H3,(H2,23,29)(H,25,30)/t13-,16?,17?,18+,22?/m1/s1. The Hall–Kier alpha value is -2.49. The van der Waals surface area contributed by atoms with Crippen molar-refractivity contribution in [1.82, 2.24) is 16.0 Å². The van der Waals surface area contributed by atoms with E-state index in [-0.39, 0.29) is 11.8 Å². The number of carbonyl (C=O) groups excluding carboxylic acids is 3. The fraction of sp³-hybridized carbons (Fsp3) is 0.591. The van der Waals surface area contributed by atoms with Crippen LogP contribution in [0.15, 0.2) is 24.3 Å². The Labute approximate surface area is 182 Å². The van der Waals surface area contributed by atoms with Gasteiger partial charge in [0.1, 0.15) is 17.3 Å². The Morgan fingerprint density at radius 1 is 1.32 bits per heavy atom. The number of carbonyl (C=O) groups is 3. The van der Waals surface area contributed by atoms with Gasteiger partial charge in [0.15, 0.2) is 5.78 Å². The molecule has 0 bridgehead atoms. The van der Waals surface area contributed by atoms with E-state index >= 15 is 0 Å². The average Bonchev–Trinajstić information content (AvgIpc) is 3.42. The number of Topliss-reactive ketones (excluding diaryl/α,β-unsaturated/α-hetero) is 1. The van der Waals surface area contributed by atoms with Crippen LogP contribution in [0.4, 0.5) is 0 Å². The quantitative estimate of drug-likeness (QED) is 0.351. The van der Waals surface area contributed by atoms with Gasteiger partial charge in [-0.3, -0.25) is 19.7 Å². The van der Waals surface area contributed by atoms with Crippen molar-refractivity contribution in [2.75, 3.05) is 13.7 Å². The molecule has 0 aromatic heterocycles. The molecule has 2 fully saturated rings. The van der Waals surface area contributed by atoms with Crippen LogP contribution in [0.5, 0.6) is 5.75 Å². The molecule has 2 heterocycles. The third-order valence-electron chi connectivity index (χ3n) is 6.21. The topological polar surface area (TPSA) is 143 Å². The summed E-state index contributed by atoms with van der Waals surface area (Å²) >= 11 is 0. The third-order valence-corrected chi connectivity index (χ3v) is 6.21. The summed E-state index contributed by atoms with van der Waals surface area (Å²) in [6.45, 7) is 2.21. The maximum atomic E-state index is 13.4. The molecular weight excluding hydrogens is 400 g/mol. The molecule has 170 valence electrons. The summed E-state index contributed by atoms with van der Waals surface area (Å²) in [4.78, 5) is 38.1. The Morgan fingerprint density at radius 3 is 2.71 bits per heavy atom. The van der Waals surface area contributed by atoms with Crippen molar-refractivity contribution in [2.45, 2.75) is 68.8 Å². The second-order valence-corrected chi connectivity index (χ2v) is 8.49. The van der Waals surface area contributed by atoms with Crippen molar-refractivity contribution < 1.29 is 24.2 Å². The summed E-state index contributed by atoms with van der Waals surface area (Å²) < 4.78 is 5.29. The normalized spacial score (nSPS) is 27.5. The van der Waals surface area contributed by atoms with Crippen molar-refractivity contribution >= 4 is 17.6 Å². The van der Waals surface area contributed by atoms with Crippen molar-refractivity contribution in [3.8, 4) is 5.75 Å². The minimum atomic E-state index is -1.22. The molecule has 0 spiro atoms. The lowest BCUT2D eigenvalue weighted by Gasteiger charge is -2.32. The van der Waals surface area contributed by atoms with Crippen LogP contribution in [-0.4, -0.2) is 66.1 Å². The van der Waals surface area contributed by atoms with Gasteiger partial charge in [-0.1, -0.05) is 12.1 Å². The molecule has 2 amide bonds. The molecule has 31 heavy (non-hydrogen) atoms. The maximum absolute atomic E-state index is 13.4. The van der Waals surface area contributed by atoms with Crippen molar-refractivity contribution in [3.05, 3.63) is 29.8 Å². The van der Waals surface area contributed by atoms with Gasteiger partial charge in [0, 0.05) is 0 Å². The van der Waals surface area contributed by atoms with Gasteiger partial charge in [-0.25, -0.2) is 0 Å². The molecule has 2 aliphatic rings. The number of ketones is 1. The van der Waals surface area contributed by atoms with E-state index in [0.29, 0.717) is 25.0 Å². The summed E-state index contributed by atoms with van der Waals surface area (Å²) in [6.07, 6.45) is 1.81. The Bertz CT molecular complexity index is 824. The number of primary amides is 1.